The largest absolute Gasteiger partial charge is 0.426 e. The minimum atomic E-state index is 0. The van der Waals surface area contributed by atoms with Gasteiger partial charge in [0.1, 0.15) is 5.75 Å². The number of esters is 1. The topological polar surface area (TPSA) is 26.3 Å². The summed E-state index contributed by atoms with van der Waals surface area (Å²) in [7, 11) is 0. The maximum Gasteiger partial charge on any atom is 0.314 e. The van der Waals surface area contributed by atoms with Gasteiger partial charge < -0.3 is 4.74 Å². The van der Waals surface area contributed by atoms with Gasteiger partial charge in [0.15, 0.2) is 0 Å². The molecule has 2 nitrogen and oxygen atoms in total. The van der Waals surface area contributed by atoms with Gasteiger partial charge in [-0.1, -0.05) is 64.5 Å². The molecule has 0 spiro atoms. The smallest absolute Gasteiger partial charge is 0.314 e. The second-order valence-corrected chi connectivity index (χ2v) is 11.1. The highest BCUT2D eigenvalue weighted by Gasteiger charge is 2.33. The quantitative estimate of drug-likeness (QED) is 0.332. The number of ether oxygens (including phenoxy) is 1. The zero-order valence-electron chi connectivity index (χ0n) is 20.0. The van der Waals surface area contributed by atoms with E-state index >= 15 is 0 Å². The van der Waals surface area contributed by atoms with Crippen LogP contribution in [0, 0.1) is 29.6 Å². The van der Waals surface area contributed by atoms with Crippen LogP contribution in [0.1, 0.15) is 120 Å². The Morgan fingerprint density at radius 3 is 2.00 bits per heavy atom. The Morgan fingerprint density at radius 2 is 1.42 bits per heavy atom. The van der Waals surface area contributed by atoms with Crippen molar-refractivity contribution < 1.29 is 13.8 Å². The van der Waals surface area contributed by atoms with Crippen LogP contribution >= 0.6 is 0 Å². The average molecular weight is 431 g/mol. The highest BCUT2D eigenvalue weighted by Crippen LogP contribution is 2.42. The molecule has 0 radical (unpaired) electrons. The number of carbonyl (C=O) groups excluding carboxylic acids is 1. The van der Waals surface area contributed by atoms with Crippen LogP contribution in [0.15, 0.2) is 24.3 Å². The molecule has 0 aromatic heterocycles. The zero-order valence-corrected chi connectivity index (χ0v) is 20.0. The molecule has 0 N–H and O–H groups in total. The molecule has 2 heteroatoms. The Kier molecular flexibility index (Phi) is 8.13. The number of hydrogen-bond donors (Lipinski definition) is 0. The molecule has 1 aromatic carbocycles. The molecule has 0 aliphatic heterocycles. The minimum absolute atomic E-state index is 0. The Labute approximate surface area is 195 Å². The van der Waals surface area contributed by atoms with Crippen molar-refractivity contribution in [3.05, 3.63) is 29.8 Å². The first-order valence-corrected chi connectivity index (χ1v) is 13.4. The SMILES string of the molecule is CCCC1CCC(C2CCC(C(=O)Oc3ccc(C4CCC(C)CC4)cc3)CC2)CC1.[HH].[HH].[HH]. The average Bonchev–Trinajstić information content (AvgIpc) is 2.81. The normalized spacial score (nSPS) is 34.3. The van der Waals surface area contributed by atoms with E-state index in [0.717, 1.165) is 42.3 Å². The van der Waals surface area contributed by atoms with E-state index < -0.39 is 0 Å². The third-order valence-electron chi connectivity index (χ3n) is 8.95. The molecule has 178 valence electrons. The number of carbonyl (C=O) groups is 1. The molecule has 31 heavy (non-hydrogen) atoms. The van der Waals surface area contributed by atoms with E-state index in [2.05, 4.69) is 26.0 Å². The van der Waals surface area contributed by atoms with Crippen molar-refractivity contribution in [1.29, 1.82) is 0 Å². The van der Waals surface area contributed by atoms with E-state index in [4.69, 9.17) is 4.74 Å². The highest BCUT2D eigenvalue weighted by atomic mass is 16.5. The van der Waals surface area contributed by atoms with Gasteiger partial charge in [0.2, 0.25) is 0 Å². The van der Waals surface area contributed by atoms with Gasteiger partial charge in [-0.25, -0.2) is 0 Å². The van der Waals surface area contributed by atoms with Crippen molar-refractivity contribution in [1.82, 2.24) is 0 Å². The Balaban J connectivity index is 0.00000193. The molecule has 0 amide bonds. The molecule has 3 aliphatic carbocycles. The molecule has 4 rings (SSSR count). The number of hydrogen-bond acceptors (Lipinski definition) is 2. The molecule has 0 saturated heterocycles. The minimum Gasteiger partial charge on any atom is -0.426 e. The Morgan fingerprint density at radius 1 is 0.839 bits per heavy atom. The molecule has 0 heterocycles. The third kappa shape index (κ3) is 6.14. The standard InChI is InChI=1S/C29H44O2.3H2/c1-3-4-22-7-11-24(12-8-22)25-13-15-27(16-14-25)29(30)31-28-19-17-26(18-20-28)23-9-5-21(2)6-10-23;;;/h17-25,27H,3-16H2,1-2H3;3*1H. The Hall–Kier alpha value is -1.31. The molecular weight excluding hydrogens is 380 g/mol. The Bertz CT molecular complexity index is 684. The number of rotatable bonds is 6. The van der Waals surface area contributed by atoms with Crippen LogP contribution in [0.25, 0.3) is 0 Å². The lowest BCUT2D eigenvalue weighted by molar-refractivity contribution is -0.140. The molecule has 0 atom stereocenters. The molecule has 3 fully saturated rings. The lowest BCUT2D eigenvalue weighted by Gasteiger charge is -2.37. The summed E-state index contributed by atoms with van der Waals surface area (Å²) < 4.78 is 5.80. The van der Waals surface area contributed by atoms with Gasteiger partial charge in [-0.3, -0.25) is 4.79 Å². The fraction of sp³-hybridized carbons (Fsp3) is 0.759. The molecule has 1 aromatic rings. The van der Waals surface area contributed by atoms with Crippen LogP contribution in [0.5, 0.6) is 5.75 Å². The molecule has 0 unspecified atom stereocenters. The monoisotopic (exact) mass is 430 g/mol. The fourth-order valence-electron chi connectivity index (χ4n) is 6.78. The van der Waals surface area contributed by atoms with E-state index in [9.17, 15) is 4.79 Å². The van der Waals surface area contributed by atoms with Crippen molar-refractivity contribution in [2.45, 2.75) is 110 Å². The molecular formula is C29H50O2. The van der Waals surface area contributed by atoms with E-state index in [1.54, 1.807) is 0 Å². The maximum absolute atomic E-state index is 12.8. The van der Waals surface area contributed by atoms with Crippen LogP contribution in [-0.2, 0) is 4.79 Å². The third-order valence-corrected chi connectivity index (χ3v) is 8.95. The lowest BCUT2D eigenvalue weighted by atomic mass is 9.69. The van der Waals surface area contributed by atoms with Crippen LogP contribution in [0.2, 0.25) is 0 Å². The van der Waals surface area contributed by atoms with E-state index in [1.807, 2.05) is 12.1 Å². The van der Waals surface area contributed by atoms with Crippen LogP contribution < -0.4 is 4.74 Å². The van der Waals surface area contributed by atoms with Gasteiger partial charge in [-0.15, -0.1) is 0 Å². The second kappa shape index (κ2) is 11.0. The van der Waals surface area contributed by atoms with Gasteiger partial charge in [0.05, 0.1) is 5.92 Å². The maximum atomic E-state index is 12.8. The second-order valence-electron chi connectivity index (χ2n) is 11.1. The summed E-state index contributed by atoms with van der Waals surface area (Å²) in [6, 6.07) is 8.42. The van der Waals surface area contributed by atoms with Crippen molar-refractivity contribution in [3.63, 3.8) is 0 Å². The fourth-order valence-corrected chi connectivity index (χ4v) is 6.78. The lowest BCUT2D eigenvalue weighted by Crippen LogP contribution is -2.30. The summed E-state index contributed by atoms with van der Waals surface area (Å²) in [5.74, 6) is 5.16. The van der Waals surface area contributed by atoms with Crippen molar-refractivity contribution >= 4 is 5.97 Å². The molecule has 3 saturated carbocycles. The first-order valence-electron chi connectivity index (χ1n) is 13.4. The summed E-state index contributed by atoms with van der Waals surface area (Å²) in [6.07, 6.45) is 18.3. The van der Waals surface area contributed by atoms with Crippen LogP contribution in [-0.4, -0.2) is 5.97 Å². The predicted molar refractivity (Wildman–Crippen MR) is 135 cm³/mol. The van der Waals surface area contributed by atoms with Gasteiger partial charge in [-0.2, -0.15) is 0 Å². The van der Waals surface area contributed by atoms with Crippen LogP contribution in [0.4, 0.5) is 0 Å². The van der Waals surface area contributed by atoms with Crippen LogP contribution in [0.3, 0.4) is 0 Å². The van der Waals surface area contributed by atoms with Gasteiger partial charge in [0.25, 0.3) is 0 Å². The zero-order chi connectivity index (χ0) is 21.6. The first-order chi connectivity index (χ1) is 15.1. The van der Waals surface area contributed by atoms with E-state index in [1.165, 1.54) is 82.6 Å². The summed E-state index contributed by atoms with van der Waals surface area (Å²) in [6.45, 7) is 4.68. The van der Waals surface area contributed by atoms with Crippen molar-refractivity contribution in [2.24, 2.45) is 29.6 Å². The predicted octanol–water partition coefficient (Wildman–Crippen LogP) is 9.04. The van der Waals surface area contributed by atoms with E-state index in [-0.39, 0.29) is 16.2 Å². The van der Waals surface area contributed by atoms with Gasteiger partial charge >= 0.3 is 5.97 Å². The summed E-state index contributed by atoms with van der Waals surface area (Å²) >= 11 is 0. The van der Waals surface area contributed by atoms with E-state index in [0.29, 0.717) is 5.92 Å². The first kappa shape index (κ1) is 22.9. The molecule has 0 bridgehead atoms. The van der Waals surface area contributed by atoms with Crippen molar-refractivity contribution in [2.75, 3.05) is 0 Å². The summed E-state index contributed by atoms with van der Waals surface area (Å²) in [4.78, 5) is 12.8. The summed E-state index contributed by atoms with van der Waals surface area (Å²) in [5, 5.41) is 0. The van der Waals surface area contributed by atoms with Gasteiger partial charge in [0, 0.05) is 4.28 Å². The highest BCUT2D eigenvalue weighted by molar-refractivity contribution is 5.75. The number of benzene rings is 1. The van der Waals surface area contributed by atoms with Gasteiger partial charge in [-0.05, 0) is 98.7 Å². The molecule has 3 aliphatic rings. The summed E-state index contributed by atoms with van der Waals surface area (Å²) in [5.41, 5.74) is 1.42. The van der Waals surface area contributed by atoms with Crippen molar-refractivity contribution in [3.8, 4) is 5.75 Å².